The Labute approximate surface area is 115 Å². The molecule has 0 heterocycles. The van der Waals surface area contributed by atoms with Crippen LogP contribution in [0.5, 0.6) is 0 Å². The number of quaternary nitrogens is 1. The second kappa shape index (κ2) is 6.49. The lowest BCUT2D eigenvalue weighted by Crippen LogP contribution is -2.58. The highest BCUT2D eigenvalue weighted by Crippen LogP contribution is 2.23. The van der Waals surface area contributed by atoms with Gasteiger partial charge in [0.25, 0.3) is 0 Å². The predicted octanol–water partition coefficient (Wildman–Crippen LogP) is 1.54. The van der Waals surface area contributed by atoms with Crippen LogP contribution in [0, 0.1) is 0 Å². The average molecular weight is 294 g/mol. The first-order valence-corrected chi connectivity index (χ1v) is 7.61. The molecule has 0 amide bonds. The molecule has 19 heavy (non-hydrogen) atoms. The third kappa shape index (κ3) is 4.93. The number of ether oxygens (including phenoxy) is 1. The summed E-state index contributed by atoms with van der Waals surface area (Å²) >= 11 is 0. The van der Waals surface area contributed by atoms with Gasteiger partial charge in [-0.2, -0.15) is 8.42 Å². The molecule has 7 heteroatoms. The summed E-state index contributed by atoms with van der Waals surface area (Å²) in [5.74, 6) is -0.579. The molecule has 2 atom stereocenters. The molecule has 6 nitrogen and oxygen atoms in total. The first-order chi connectivity index (χ1) is 8.44. The molecule has 0 fully saturated rings. The maximum Gasteiger partial charge on any atom is 0.337 e. The molecule has 0 saturated heterocycles. The smallest absolute Gasteiger partial charge is 0.337 e. The van der Waals surface area contributed by atoms with E-state index < -0.39 is 27.7 Å². The molecule has 0 saturated carbocycles. The fourth-order valence-corrected chi connectivity index (χ4v) is 3.09. The zero-order valence-electron chi connectivity index (χ0n) is 12.2. The Bertz CT molecular complexity index is 441. The average Bonchev–Trinajstić information content (AvgIpc) is 2.23. The molecule has 1 N–H and O–H groups in total. The van der Waals surface area contributed by atoms with Gasteiger partial charge < -0.3 is 4.74 Å². The van der Waals surface area contributed by atoms with Gasteiger partial charge in [-0.25, -0.2) is 4.79 Å². The van der Waals surface area contributed by atoms with Gasteiger partial charge in [-0.1, -0.05) is 13.5 Å². The van der Waals surface area contributed by atoms with Crippen LogP contribution in [0.2, 0.25) is 0 Å². The van der Waals surface area contributed by atoms with Gasteiger partial charge in [0.1, 0.15) is 0 Å². The minimum Gasteiger partial charge on any atom is -0.409 e. The first-order valence-electron chi connectivity index (χ1n) is 6.10. The molecule has 0 aliphatic rings. The highest BCUT2D eigenvalue weighted by Gasteiger charge is 2.43. The number of hydrogen-bond acceptors (Lipinski definition) is 4. The molecule has 0 aromatic carbocycles. The summed E-state index contributed by atoms with van der Waals surface area (Å²) in [6.45, 7) is 8.40. The summed E-state index contributed by atoms with van der Waals surface area (Å²) in [5.41, 5.74) is 0.241. The van der Waals surface area contributed by atoms with E-state index in [2.05, 4.69) is 6.58 Å². The Morgan fingerprint density at radius 1 is 1.42 bits per heavy atom. The molecule has 0 rings (SSSR count). The molecule has 2 unspecified atom stereocenters. The molecular formula is C12H24NO5S+. The number of nitrogens with zero attached hydrogens (tertiary/aromatic N) is 1. The minimum atomic E-state index is -4.23. The molecule has 0 aliphatic carbocycles. The second-order valence-electron chi connectivity index (χ2n) is 5.17. The molecule has 0 radical (unpaired) electrons. The van der Waals surface area contributed by atoms with Crippen LogP contribution in [0.1, 0.15) is 33.6 Å². The van der Waals surface area contributed by atoms with E-state index in [1.54, 1.807) is 21.0 Å². The van der Waals surface area contributed by atoms with Crippen LogP contribution in [0.15, 0.2) is 12.2 Å². The van der Waals surface area contributed by atoms with Crippen molar-refractivity contribution in [3.05, 3.63) is 12.2 Å². The zero-order chi connectivity index (χ0) is 15.4. The van der Waals surface area contributed by atoms with Crippen molar-refractivity contribution in [3.63, 3.8) is 0 Å². The monoisotopic (exact) mass is 294 g/mol. The second-order valence-corrected chi connectivity index (χ2v) is 6.75. The highest BCUT2D eigenvalue weighted by atomic mass is 32.2. The van der Waals surface area contributed by atoms with Crippen LogP contribution >= 0.6 is 0 Å². The maximum atomic E-state index is 11.5. The summed E-state index contributed by atoms with van der Waals surface area (Å²) in [7, 11) is -1.02. The van der Waals surface area contributed by atoms with E-state index in [9.17, 15) is 17.8 Å². The topological polar surface area (TPSA) is 80.7 Å². The zero-order valence-corrected chi connectivity index (χ0v) is 13.0. The van der Waals surface area contributed by atoms with Crippen molar-refractivity contribution in [3.8, 4) is 0 Å². The van der Waals surface area contributed by atoms with Gasteiger partial charge in [-0.3, -0.25) is 9.04 Å². The van der Waals surface area contributed by atoms with Crippen molar-refractivity contribution >= 4 is 16.1 Å². The third-order valence-electron chi connectivity index (χ3n) is 3.18. The summed E-state index contributed by atoms with van der Waals surface area (Å²) in [6.07, 6.45) is 0.149. The summed E-state index contributed by atoms with van der Waals surface area (Å²) in [4.78, 5) is 11.5. The van der Waals surface area contributed by atoms with Crippen molar-refractivity contribution in [2.24, 2.45) is 0 Å². The Morgan fingerprint density at radius 2 is 1.89 bits per heavy atom. The van der Waals surface area contributed by atoms with Crippen LogP contribution in [0.4, 0.5) is 0 Å². The van der Waals surface area contributed by atoms with Crippen LogP contribution in [-0.2, 0) is 19.6 Å². The van der Waals surface area contributed by atoms with Gasteiger partial charge in [0.15, 0.2) is 0 Å². The van der Waals surface area contributed by atoms with E-state index in [-0.39, 0.29) is 16.5 Å². The lowest BCUT2D eigenvalue weighted by molar-refractivity contribution is -0.943. The van der Waals surface area contributed by atoms with E-state index in [0.717, 1.165) is 0 Å². The van der Waals surface area contributed by atoms with Crippen LogP contribution in [-0.4, -0.2) is 49.1 Å². The summed E-state index contributed by atoms with van der Waals surface area (Å²) in [5, 5.41) is -1.04. The van der Waals surface area contributed by atoms with Crippen molar-refractivity contribution < 1.29 is 27.0 Å². The van der Waals surface area contributed by atoms with Crippen LogP contribution in [0.25, 0.3) is 0 Å². The van der Waals surface area contributed by atoms with Gasteiger partial charge in [0.05, 0.1) is 14.1 Å². The maximum absolute atomic E-state index is 11.5. The Kier molecular flexibility index (Phi) is 6.18. The lowest BCUT2D eigenvalue weighted by atomic mass is 10.2. The largest absolute Gasteiger partial charge is 0.409 e. The van der Waals surface area contributed by atoms with Crippen LogP contribution in [0.3, 0.4) is 0 Å². The van der Waals surface area contributed by atoms with E-state index in [1.807, 2.05) is 6.92 Å². The number of carbonyl (C=O) groups excluding carboxylic acids is 1. The molecule has 0 bridgehead atoms. The Balaban J connectivity index is 5.20. The molecular weight excluding hydrogens is 270 g/mol. The SMILES string of the molecule is C=C(C)C(=O)OC(C)[N+](C)(C)C(CCC)S(=O)(=O)O. The van der Waals surface area contributed by atoms with Crippen LogP contribution < -0.4 is 0 Å². The molecule has 0 aromatic heterocycles. The van der Waals surface area contributed by atoms with Gasteiger partial charge in [-0.05, 0) is 13.3 Å². The van der Waals surface area contributed by atoms with E-state index in [4.69, 9.17) is 4.74 Å². The van der Waals surface area contributed by atoms with Gasteiger partial charge in [0.2, 0.25) is 11.6 Å². The fourth-order valence-electron chi connectivity index (χ4n) is 1.70. The predicted molar refractivity (Wildman–Crippen MR) is 72.7 cm³/mol. The number of esters is 1. The Morgan fingerprint density at radius 3 is 2.21 bits per heavy atom. The van der Waals surface area contributed by atoms with Gasteiger partial charge in [0, 0.05) is 18.9 Å². The number of carbonyl (C=O) groups is 1. The van der Waals surface area contributed by atoms with Gasteiger partial charge in [-0.15, -0.1) is 0 Å². The quantitative estimate of drug-likeness (QED) is 0.253. The van der Waals surface area contributed by atoms with Crippen molar-refractivity contribution in [2.45, 2.75) is 45.2 Å². The van der Waals surface area contributed by atoms with Crippen molar-refractivity contribution in [1.29, 1.82) is 0 Å². The first kappa shape index (κ1) is 18.1. The van der Waals surface area contributed by atoms with Crippen molar-refractivity contribution in [1.82, 2.24) is 0 Å². The molecule has 0 spiro atoms. The fraction of sp³-hybridized carbons (Fsp3) is 0.750. The lowest BCUT2D eigenvalue weighted by Gasteiger charge is -2.39. The molecule has 0 aliphatic heterocycles. The Hall–Kier alpha value is -0.920. The van der Waals surface area contributed by atoms with Crippen molar-refractivity contribution in [2.75, 3.05) is 14.1 Å². The normalized spacial score (nSPS) is 15.7. The van der Waals surface area contributed by atoms with E-state index in [0.29, 0.717) is 6.42 Å². The third-order valence-corrected chi connectivity index (χ3v) is 4.65. The molecule has 112 valence electrons. The summed E-state index contributed by atoms with van der Waals surface area (Å²) < 4.78 is 37.3. The highest BCUT2D eigenvalue weighted by molar-refractivity contribution is 7.86. The van der Waals surface area contributed by atoms with Gasteiger partial charge >= 0.3 is 16.1 Å². The number of hydrogen-bond donors (Lipinski definition) is 1. The van der Waals surface area contributed by atoms with E-state index in [1.165, 1.54) is 6.92 Å². The summed E-state index contributed by atoms with van der Waals surface area (Å²) in [6, 6.07) is 0. The standard InChI is InChI=1S/C12H23NO5S/c1-7-8-11(19(15,16)17)13(5,6)10(4)18-12(14)9(2)3/h10-11H,2,7-8H2,1,3-6H3/p+1. The minimum absolute atomic E-state index is 0.161. The molecule has 0 aromatic rings. The van der Waals surface area contributed by atoms with E-state index >= 15 is 0 Å². The number of rotatable bonds is 7.